The van der Waals surface area contributed by atoms with E-state index in [4.69, 9.17) is 0 Å². The summed E-state index contributed by atoms with van der Waals surface area (Å²) < 4.78 is 0. The van der Waals surface area contributed by atoms with Gasteiger partial charge in [-0.25, -0.2) is 0 Å². The van der Waals surface area contributed by atoms with Gasteiger partial charge in [-0.3, -0.25) is 0 Å². The van der Waals surface area contributed by atoms with Crippen molar-refractivity contribution < 1.29 is 0 Å². The highest BCUT2D eigenvalue weighted by Gasteiger charge is 1.81. The zero-order valence-electron chi connectivity index (χ0n) is 5.78. The summed E-state index contributed by atoms with van der Waals surface area (Å²) in [6.45, 7) is 8.02. The molecule has 8 heavy (non-hydrogen) atoms. The Morgan fingerprint density at radius 1 is 1.62 bits per heavy atom. The monoisotopic (exact) mass is 110 g/mol. The highest BCUT2D eigenvalue weighted by molar-refractivity contribution is 5.00. The van der Waals surface area contributed by atoms with Crippen LogP contribution in [0.5, 0.6) is 0 Å². The van der Waals surface area contributed by atoms with Crippen molar-refractivity contribution in [3.05, 3.63) is 24.3 Å². The standard InChI is InChI=1S/C8H14/c1-4-6-7-8(3)5-2/h4,6H,3,5,7H2,1-2H3/b6-4-. The molecule has 46 valence electrons. The van der Waals surface area contributed by atoms with Gasteiger partial charge in [0.2, 0.25) is 0 Å². The maximum absolute atomic E-state index is 3.86. The van der Waals surface area contributed by atoms with Gasteiger partial charge in [-0.05, 0) is 19.8 Å². The van der Waals surface area contributed by atoms with Gasteiger partial charge in [0.25, 0.3) is 0 Å². The first-order valence-corrected chi connectivity index (χ1v) is 3.09. The van der Waals surface area contributed by atoms with Crippen LogP contribution < -0.4 is 0 Å². The normalized spacial score (nSPS) is 10.2. The van der Waals surface area contributed by atoms with Gasteiger partial charge in [0.05, 0.1) is 0 Å². The number of rotatable bonds is 3. The summed E-state index contributed by atoms with van der Waals surface area (Å²) in [5.41, 5.74) is 1.31. The Balaban J connectivity index is 3.25. The summed E-state index contributed by atoms with van der Waals surface area (Å²) in [4.78, 5) is 0. The van der Waals surface area contributed by atoms with Crippen LogP contribution in [0.3, 0.4) is 0 Å². The Labute approximate surface area is 51.9 Å². The van der Waals surface area contributed by atoms with E-state index in [0.29, 0.717) is 0 Å². The van der Waals surface area contributed by atoms with E-state index in [-0.39, 0.29) is 0 Å². The summed E-state index contributed by atoms with van der Waals surface area (Å²) in [5, 5.41) is 0. The molecule has 0 unspecified atom stereocenters. The number of hydrogen-bond donors (Lipinski definition) is 0. The van der Waals surface area contributed by atoms with Gasteiger partial charge < -0.3 is 0 Å². The van der Waals surface area contributed by atoms with Crippen LogP contribution in [-0.2, 0) is 0 Å². The maximum Gasteiger partial charge on any atom is -0.0142 e. The maximum atomic E-state index is 3.86. The molecule has 0 aromatic heterocycles. The predicted octanol–water partition coefficient (Wildman–Crippen LogP) is 2.92. The molecule has 0 amide bonds. The lowest BCUT2D eigenvalue weighted by Gasteiger charge is -1.92. The third-order valence-corrected chi connectivity index (χ3v) is 1.14. The molecule has 0 radical (unpaired) electrons. The van der Waals surface area contributed by atoms with Gasteiger partial charge in [-0.1, -0.05) is 31.2 Å². The van der Waals surface area contributed by atoms with Crippen LogP contribution in [0, 0.1) is 0 Å². The Morgan fingerprint density at radius 2 is 2.25 bits per heavy atom. The fourth-order valence-corrected chi connectivity index (χ4v) is 0.429. The lowest BCUT2D eigenvalue weighted by molar-refractivity contribution is 1.04. The van der Waals surface area contributed by atoms with Gasteiger partial charge in [0, 0.05) is 0 Å². The van der Waals surface area contributed by atoms with Crippen LogP contribution in [-0.4, -0.2) is 0 Å². The lowest BCUT2D eigenvalue weighted by atomic mass is 10.1. The van der Waals surface area contributed by atoms with E-state index in [1.54, 1.807) is 0 Å². The van der Waals surface area contributed by atoms with Crippen molar-refractivity contribution in [1.82, 2.24) is 0 Å². The van der Waals surface area contributed by atoms with E-state index in [2.05, 4.69) is 25.7 Å². The molecule has 0 atom stereocenters. The molecule has 0 rings (SSSR count). The van der Waals surface area contributed by atoms with Crippen molar-refractivity contribution in [2.24, 2.45) is 0 Å². The molecule has 0 aliphatic carbocycles. The van der Waals surface area contributed by atoms with E-state index in [1.165, 1.54) is 5.57 Å². The molecule has 0 N–H and O–H groups in total. The van der Waals surface area contributed by atoms with Crippen molar-refractivity contribution >= 4 is 0 Å². The van der Waals surface area contributed by atoms with E-state index in [1.807, 2.05) is 6.92 Å². The summed E-state index contributed by atoms with van der Waals surface area (Å²) in [5.74, 6) is 0. The molecular formula is C8H14. The highest BCUT2D eigenvalue weighted by atomic mass is 13.9. The molecule has 0 bridgehead atoms. The molecule has 0 fully saturated rings. The smallest absolute Gasteiger partial charge is 0.0142 e. The summed E-state index contributed by atoms with van der Waals surface area (Å²) in [7, 11) is 0. The Hall–Kier alpha value is -0.520. The minimum Gasteiger partial charge on any atom is -0.0996 e. The average Bonchev–Trinajstić information content (AvgIpc) is 1.83. The van der Waals surface area contributed by atoms with Crippen molar-refractivity contribution in [1.29, 1.82) is 0 Å². The third kappa shape index (κ3) is 3.66. The summed E-state index contributed by atoms with van der Waals surface area (Å²) in [6, 6.07) is 0. The highest BCUT2D eigenvalue weighted by Crippen LogP contribution is 2.02. The largest absolute Gasteiger partial charge is 0.0996 e. The van der Waals surface area contributed by atoms with Crippen LogP contribution in [0.15, 0.2) is 24.3 Å². The molecule has 0 aliphatic rings. The van der Waals surface area contributed by atoms with E-state index >= 15 is 0 Å². The molecule has 0 heterocycles. The minimum absolute atomic E-state index is 1.05. The second kappa shape index (κ2) is 4.63. The fraction of sp³-hybridized carbons (Fsp3) is 0.500. The third-order valence-electron chi connectivity index (χ3n) is 1.14. The predicted molar refractivity (Wildman–Crippen MR) is 38.9 cm³/mol. The molecule has 0 aromatic carbocycles. The molecule has 0 spiro atoms. The van der Waals surface area contributed by atoms with Gasteiger partial charge in [0.1, 0.15) is 0 Å². The quantitative estimate of drug-likeness (QED) is 0.490. The van der Waals surface area contributed by atoms with E-state index < -0.39 is 0 Å². The zero-order valence-corrected chi connectivity index (χ0v) is 5.78. The first-order chi connectivity index (χ1) is 3.81. The lowest BCUT2D eigenvalue weighted by Crippen LogP contribution is -1.71. The van der Waals surface area contributed by atoms with Crippen LogP contribution >= 0.6 is 0 Å². The molecule has 0 saturated carbocycles. The van der Waals surface area contributed by atoms with Crippen molar-refractivity contribution in [3.8, 4) is 0 Å². The van der Waals surface area contributed by atoms with Gasteiger partial charge in [-0.2, -0.15) is 0 Å². The van der Waals surface area contributed by atoms with E-state index in [0.717, 1.165) is 12.8 Å². The van der Waals surface area contributed by atoms with E-state index in [9.17, 15) is 0 Å². The fourth-order valence-electron chi connectivity index (χ4n) is 0.429. The SMILES string of the molecule is C=C(CC)C/C=C\C. The molecule has 0 saturated heterocycles. The van der Waals surface area contributed by atoms with Crippen molar-refractivity contribution in [2.75, 3.05) is 0 Å². The van der Waals surface area contributed by atoms with Crippen LogP contribution in [0.25, 0.3) is 0 Å². The Bertz CT molecular complexity index is 88.2. The topological polar surface area (TPSA) is 0 Å². The second-order valence-electron chi connectivity index (χ2n) is 1.88. The average molecular weight is 110 g/mol. The molecule has 0 heteroatoms. The first kappa shape index (κ1) is 7.48. The summed E-state index contributed by atoms with van der Waals surface area (Å²) >= 11 is 0. The van der Waals surface area contributed by atoms with Gasteiger partial charge >= 0.3 is 0 Å². The molecule has 0 aromatic rings. The van der Waals surface area contributed by atoms with Crippen LogP contribution in [0.4, 0.5) is 0 Å². The minimum atomic E-state index is 1.05. The Kier molecular flexibility index (Phi) is 4.33. The second-order valence-corrected chi connectivity index (χ2v) is 1.88. The van der Waals surface area contributed by atoms with Crippen LogP contribution in [0.1, 0.15) is 26.7 Å². The summed E-state index contributed by atoms with van der Waals surface area (Å²) in [6.07, 6.45) is 6.34. The van der Waals surface area contributed by atoms with Gasteiger partial charge in [-0.15, -0.1) is 0 Å². The van der Waals surface area contributed by atoms with Crippen LogP contribution in [0.2, 0.25) is 0 Å². The number of hydrogen-bond acceptors (Lipinski definition) is 0. The molecular weight excluding hydrogens is 96.1 g/mol. The number of allylic oxidation sites excluding steroid dienone is 3. The molecule has 0 aliphatic heterocycles. The zero-order chi connectivity index (χ0) is 6.41. The molecule has 0 nitrogen and oxygen atoms in total. The van der Waals surface area contributed by atoms with Crippen molar-refractivity contribution in [3.63, 3.8) is 0 Å². The Morgan fingerprint density at radius 3 is 2.62 bits per heavy atom. The first-order valence-electron chi connectivity index (χ1n) is 3.09. The van der Waals surface area contributed by atoms with Gasteiger partial charge in [0.15, 0.2) is 0 Å². The van der Waals surface area contributed by atoms with Crippen molar-refractivity contribution in [2.45, 2.75) is 26.7 Å².